The van der Waals surface area contributed by atoms with Gasteiger partial charge in [-0.05, 0) is 25.5 Å². The lowest BCUT2D eigenvalue weighted by Crippen LogP contribution is -2.28. The molecule has 0 saturated carbocycles. The lowest BCUT2D eigenvalue weighted by Gasteiger charge is -2.11. The molecule has 4 aromatic rings. The molecule has 130 valence electrons. The van der Waals surface area contributed by atoms with Gasteiger partial charge in [0.15, 0.2) is 11.2 Å². The van der Waals surface area contributed by atoms with E-state index in [1.807, 2.05) is 37.3 Å². The van der Waals surface area contributed by atoms with E-state index in [0.29, 0.717) is 11.2 Å². The summed E-state index contributed by atoms with van der Waals surface area (Å²) in [6.45, 7) is 3.31. The number of fused-ring (bicyclic) bond motifs is 3. The quantitative estimate of drug-likeness (QED) is 0.607. The molecule has 0 spiro atoms. The lowest BCUT2D eigenvalue weighted by atomic mass is 10.1. The van der Waals surface area contributed by atoms with Gasteiger partial charge in [-0.2, -0.15) is 5.10 Å². The molecule has 0 saturated heterocycles. The summed E-state index contributed by atoms with van der Waals surface area (Å²) in [5.41, 5.74) is 3.17. The van der Waals surface area contributed by atoms with Gasteiger partial charge >= 0.3 is 5.97 Å². The number of aliphatic carboxylic acids is 1. The van der Waals surface area contributed by atoms with Crippen LogP contribution in [0.25, 0.3) is 27.8 Å². The Kier molecular flexibility index (Phi) is 3.54. The summed E-state index contributed by atoms with van der Waals surface area (Å²) < 4.78 is 2.71. The second-order valence-electron chi connectivity index (χ2n) is 6.04. The Morgan fingerprint density at radius 3 is 2.58 bits per heavy atom. The van der Waals surface area contributed by atoms with Gasteiger partial charge in [-0.15, -0.1) is 10.2 Å². The van der Waals surface area contributed by atoms with E-state index in [1.54, 1.807) is 10.6 Å². The number of carboxylic acid groups (broad SMARTS) is 1. The second kappa shape index (κ2) is 5.76. The van der Waals surface area contributed by atoms with Crippen molar-refractivity contribution < 1.29 is 9.90 Å². The highest BCUT2D eigenvalue weighted by atomic mass is 16.4. The third kappa shape index (κ3) is 2.26. The van der Waals surface area contributed by atoms with Crippen molar-refractivity contribution in [2.24, 2.45) is 0 Å². The molecule has 1 aromatic carbocycles. The zero-order chi connectivity index (χ0) is 18.4. The minimum atomic E-state index is -1.10. The van der Waals surface area contributed by atoms with Crippen molar-refractivity contribution in [1.82, 2.24) is 24.4 Å². The van der Waals surface area contributed by atoms with E-state index < -0.39 is 17.6 Å². The van der Waals surface area contributed by atoms with Gasteiger partial charge in [-0.25, -0.2) is 9.31 Å². The minimum Gasteiger partial charge on any atom is -0.480 e. The first-order chi connectivity index (χ1) is 12.5. The maximum Gasteiger partial charge on any atom is 0.326 e. The summed E-state index contributed by atoms with van der Waals surface area (Å²) in [4.78, 5) is 23.8. The number of pyridine rings is 1. The van der Waals surface area contributed by atoms with Crippen LogP contribution in [0, 0.1) is 6.92 Å². The van der Waals surface area contributed by atoms with Gasteiger partial charge in [0, 0.05) is 6.20 Å². The number of aryl methyl sites for hydroxylation is 1. The summed E-state index contributed by atoms with van der Waals surface area (Å²) in [5, 5.41) is 22.0. The van der Waals surface area contributed by atoms with Crippen LogP contribution in [0.3, 0.4) is 0 Å². The van der Waals surface area contributed by atoms with E-state index in [2.05, 4.69) is 15.3 Å². The monoisotopic (exact) mass is 349 g/mol. The van der Waals surface area contributed by atoms with E-state index in [9.17, 15) is 9.59 Å². The number of carbonyl (C=O) groups is 1. The van der Waals surface area contributed by atoms with Crippen molar-refractivity contribution in [1.29, 1.82) is 0 Å². The van der Waals surface area contributed by atoms with Gasteiger partial charge in [-0.3, -0.25) is 9.36 Å². The normalized spacial score (nSPS) is 12.5. The molecule has 1 atom stereocenters. The molecular weight excluding hydrogens is 334 g/mol. The zero-order valence-corrected chi connectivity index (χ0v) is 14.1. The molecule has 1 N–H and O–H groups in total. The number of rotatable bonds is 3. The summed E-state index contributed by atoms with van der Waals surface area (Å²) in [7, 11) is 0. The molecule has 0 aliphatic heterocycles. The van der Waals surface area contributed by atoms with E-state index in [1.165, 1.54) is 13.1 Å². The Hall–Kier alpha value is -3.55. The van der Waals surface area contributed by atoms with Crippen molar-refractivity contribution in [3.8, 4) is 11.1 Å². The molecule has 0 aliphatic carbocycles. The largest absolute Gasteiger partial charge is 0.480 e. The van der Waals surface area contributed by atoms with Crippen LogP contribution in [0.1, 0.15) is 18.7 Å². The average Bonchev–Trinajstić information content (AvgIpc) is 2.98. The first kappa shape index (κ1) is 15.9. The summed E-state index contributed by atoms with van der Waals surface area (Å²) in [5.74, 6) is -1.10. The highest BCUT2D eigenvalue weighted by Crippen LogP contribution is 2.27. The topological polar surface area (TPSA) is 102 Å². The number of nitrogens with zero attached hydrogens (tertiary/aromatic N) is 5. The van der Waals surface area contributed by atoms with Crippen LogP contribution >= 0.6 is 0 Å². The third-order valence-corrected chi connectivity index (χ3v) is 4.42. The molecule has 26 heavy (non-hydrogen) atoms. The SMILES string of the molecule is Cc1nn2c(nnc3c(=O)n(C(C)C(=O)O)ccc32)c1-c1ccccc1. The Bertz CT molecular complexity index is 1210. The van der Waals surface area contributed by atoms with Gasteiger partial charge in [0.25, 0.3) is 5.56 Å². The second-order valence-corrected chi connectivity index (χ2v) is 6.04. The van der Waals surface area contributed by atoms with Crippen LogP contribution in [-0.4, -0.2) is 35.5 Å². The van der Waals surface area contributed by atoms with Crippen LogP contribution in [0.2, 0.25) is 0 Å². The fourth-order valence-electron chi connectivity index (χ4n) is 3.03. The Balaban J connectivity index is 2.02. The molecule has 3 aromatic heterocycles. The van der Waals surface area contributed by atoms with Gasteiger partial charge in [0.2, 0.25) is 0 Å². The molecule has 8 heteroatoms. The summed E-state index contributed by atoms with van der Waals surface area (Å²) >= 11 is 0. The maximum atomic E-state index is 12.6. The number of benzene rings is 1. The number of hydrogen-bond acceptors (Lipinski definition) is 5. The zero-order valence-electron chi connectivity index (χ0n) is 14.1. The van der Waals surface area contributed by atoms with E-state index in [4.69, 9.17) is 5.11 Å². The van der Waals surface area contributed by atoms with Gasteiger partial charge in [0.1, 0.15) is 11.6 Å². The maximum absolute atomic E-state index is 12.6. The summed E-state index contributed by atoms with van der Waals surface area (Å²) in [6, 6.07) is 10.3. The highest BCUT2D eigenvalue weighted by Gasteiger charge is 2.20. The molecule has 3 heterocycles. The van der Waals surface area contributed by atoms with E-state index in [0.717, 1.165) is 21.4 Å². The van der Waals surface area contributed by atoms with E-state index in [-0.39, 0.29) is 5.52 Å². The molecule has 8 nitrogen and oxygen atoms in total. The predicted molar refractivity (Wildman–Crippen MR) is 95.1 cm³/mol. The van der Waals surface area contributed by atoms with Gasteiger partial charge in [-0.1, -0.05) is 30.3 Å². The Morgan fingerprint density at radius 2 is 1.88 bits per heavy atom. The van der Waals surface area contributed by atoms with Crippen LogP contribution in [0.15, 0.2) is 47.4 Å². The number of hydrogen-bond donors (Lipinski definition) is 1. The van der Waals surface area contributed by atoms with Crippen molar-refractivity contribution in [3.05, 3.63) is 58.6 Å². The molecule has 0 amide bonds. The van der Waals surface area contributed by atoms with Crippen LogP contribution in [-0.2, 0) is 4.79 Å². The van der Waals surface area contributed by atoms with Crippen molar-refractivity contribution >= 4 is 22.6 Å². The number of aromatic nitrogens is 5. The predicted octanol–water partition coefficient (Wildman–Crippen LogP) is 2.06. The first-order valence-electron chi connectivity index (χ1n) is 8.04. The average molecular weight is 349 g/mol. The standard InChI is InChI=1S/C18H15N5O3/c1-10-14(12-6-4-3-5-7-12)16-20-19-15-13(23(16)21-10)8-9-22(17(15)24)11(2)18(25)26/h3-9,11H,1-2H3,(H,25,26). The molecule has 0 fully saturated rings. The van der Waals surface area contributed by atoms with Gasteiger partial charge in [0.05, 0.1) is 11.3 Å². The fraction of sp³-hybridized carbons (Fsp3) is 0.167. The Morgan fingerprint density at radius 1 is 1.15 bits per heavy atom. The van der Waals surface area contributed by atoms with Crippen molar-refractivity contribution in [2.45, 2.75) is 19.9 Å². The van der Waals surface area contributed by atoms with Crippen LogP contribution in [0.4, 0.5) is 0 Å². The molecule has 0 bridgehead atoms. The first-order valence-corrected chi connectivity index (χ1v) is 8.04. The van der Waals surface area contributed by atoms with Crippen LogP contribution < -0.4 is 5.56 Å². The molecular formula is C18H15N5O3. The fourth-order valence-corrected chi connectivity index (χ4v) is 3.03. The molecule has 0 radical (unpaired) electrons. The molecule has 0 aliphatic rings. The summed E-state index contributed by atoms with van der Waals surface area (Å²) in [6.07, 6.45) is 1.45. The Labute approximate surface area is 147 Å². The van der Waals surface area contributed by atoms with Crippen molar-refractivity contribution in [2.75, 3.05) is 0 Å². The number of carboxylic acids is 1. The molecule has 4 rings (SSSR count). The van der Waals surface area contributed by atoms with E-state index >= 15 is 0 Å². The third-order valence-electron chi connectivity index (χ3n) is 4.42. The molecule has 1 unspecified atom stereocenters. The lowest BCUT2D eigenvalue weighted by molar-refractivity contribution is -0.140. The van der Waals surface area contributed by atoms with Gasteiger partial charge < -0.3 is 5.11 Å². The van der Waals surface area contributed by atoms with Crippen molar-refractivity contribution in [3.63, 3.8) is 0 Å². The van der Waals surface area contributed by atoms with Crippen LogP contribution in [0.5, 0.6) is 0 Å². The minimum absolute atomic E-state index is 0.0789. The highest BCUT2D eigenvalue weighted by molar-refractivity contribution is 5.84. The smallest absolute Gasteiger partial charge is 0.326 e.